The summed E-state index contributed by atoms with van der Waals surface area (Å²) in [5, 5.41) is 0. The number of benzene rings is 2. The van der Waals surface area contributed by atoms with Crippen LogP contribution in [0.25, 0.3) is 0 Å². The van der Waals surface area contributed by atoms with Crippen LogP contribution in [0.1, 0.15) is 34.5 Å². The number of nitrogens with zero attached hydrogens (tertiary/aromatic N) is 1. The highest BCUT2D eigenvalue weighted by atomic mass is 16.5. The summed E-state index contributed by atoms with van der Waals surface area (Å²) in [4.78, 5) is 26.6. The summed E-state index contributed by atoms with van der Waals surface area (Å²) in [5.41, 5.74) is 2.37. The lowest BCUT2D eigenvalue weighted by Gasteiger charge is -2.31. The Bertz CT molecular complexity index is 785. The molecule has 3 rings (SSSR count). The van der Waals surface area contributed by atoms with Crippen molar-refractivity contribution in [2.24, 2.45) is 0 Å². The molecular formula is C20H21NO4. The van der Waals surface area contributed by atoms with E-state index in [0.717, 1.165) is 16.9 Å². The van der Waals surface area contributed by atoms with Crippen LogP contribution in [0.5, 0.6) is 5.75 Å². The average molecular weight is 339 g/mol. The van der Waals surface area contributed by atoms with Crippen LogP contribution in [-0.2, 0) is 16.0 Å². The molecule has 0 aliphatic carbocycles. The molecule has 1 heterocycles. The van der Waals surface area contributed by atoms with E-state index < -0.39 is 12.1 Å². The number of carbonyl (C=O) groups is 2. The molecule has 25 heavy (non-hydrogen) atoms. The number of hydrogen-bond donors (Lipinski definition) is 0. The molecule has 1 aliphatic rings. The summed E-state index contributed by atoms with van der Waals surface area (Å²) in [6, 6.07) is 14.7. The zero-order chi connectivity index (χ0) is 18.0. The number of carbonyl (C=O) groups excluding carboxylic acids is 2. The van der Waals surface area contributed by atoms with Gasteiger partial charge >= 0.3 is 5.97 Å². The molecule has 5 nitrogen and oxygen atoms in total. The third-order valence-electron chi connectivity index (χ3n) is 4.69. The van der Waals surface area contributed by atoms with Crippen LogP contribution >= 0.6 is 0 Å². The molecule has 130 valence electrons. The van der Waals surface area contributed by atoms with Gasteiger partial charge in [-0.1, -0.05) is 30.3 Å². The van der Waals surface area contributed by atoms with Crippen molar-refractivity contribution in [1.29, 1.82) is 0 Å². The van der Waals surface area contributed by atoms with E-state index in [1.165, 1.54) is 0 Å². The van der Waals surface area contributed by atoms with Gasteiger partial charge in [-0.2, -0.15) is 0 Å². The van der Waals surface area contributed by atoms with Gasteiger partial charge in [0.1, 0.15) is 5.75 Å². The molecule has 0 aromatic heterocycles. The normalized spacial score (nSPS) is 17.2. The largest absolute Gasteiger partial charge is 0.497 e. The number of likely N-dealkylation sites (N-methyl/N-ethyl adjacent to an activating group) is 1. The minimum atomic E-state index is -0.784. The van der Waals surface area contributed by atoms with E-state index in [4.69, 9.17) is 9.47 Å². The Labute approximate surface area is 147 Å². The Balaban J connectivity index is 1.75. The van der Waals surface area contributed by atoms with E-state index in [9.17, 15) is 9.59 Å². The minimum Gasteiger partial charge on any atom is -0.497 e. The summed E-state index contributed by atoms with van der Waals surface area (Å²) in [5.74, 6) is 0.125. The fraction of sp³-hybridized carbons (Fsp3) is 0.300. The summed E-state index contributed by atoms with van der Waals surface area (Å²) >= 11 is 0. The maximum Gasteiger partial charge on any atom is 0.339 e. The molecule has 5 heteroatoms. The maximum absolute atomic E-state index is 12.8. The highest BCUT2D eigenvalue weighted by Crippen LogP contribution is 2.26. The van der Waals surface area contributed by atoms with Crippen LogP contribution < -0.4 is 4.74 Å². The van der Waals surface area contributed by atoms with E-state index in [-0.39, 0.29) is 11.9 Å². The molecule has 0 radical (unpaired) electrons. The van der Waals surface area contributed by atoms with E-state index in [1.807, 2.05) is 43.3 Å². The molecule has 0 N–H and O–H groups in total. The summed E-state index contributed by atoms with van der Waals surface area (Å²) in [7, 11) is 3.34. The van der Waals surface area contributed by atoms with E-state index in [2.05, 4.69) is 0 Å². The molecule has 0 fully saturated rings. The number of hydrogen-bond acceptors (Lipinski definition) is 4. The van der Waals surface area contributed by atoms with Crippen molar-refractivity contribution in [2.75, 3.05) is 14.2 Å². The van der Waals surface area contributed by atoms with E-state index in [1.54, 1.807) is 31.2 Å². The van der Waals surface area contributed by atoms with Gasteiger partial charge in [0.25, 0.3) is 5.91 Å². The van der Waals surface area contributed by atoms with Crippen LogP contribution in [0.4, 0.5) is 0 Å². The van der Waals surface area contributed by atoms with Crippen molar-refractivity contribution in [3.8, 4) is 5.75 Å². The van der Waals surface area contributed by atoms with Gasteiger partial charge in [0.15, 0.2) is 6.10 Å². The van der Waals surface area contributed by atoms with Crippen LogP contribution in [0, 0.1) is 0 Å². The van der Waals surface area contributed by atoms with Gasteiger partial charge in [0, 0.05) is 13.5 Å². The number of rotatable bonds is 4. The Morgan fingerprint density at radius 2 is 1.88 bits per heavy atom. The van der Waals surface area contributed by atoms with Crippen molar-refractivity contribution in [1.82, 2.24) is 4.90 Å². The summed E-state index contributed by atoms with van der Waals surface area (Å²) in [6.45, 7) is 1.94. The molecule has 0 spiro atoms. The van der Waals surface area contributed by atoms with Crippen molar-refractivity contribution in [3.05, 3.63) is 65.2 Å². The van der Waals surface area contributed by atoms with Gasteiger partial charge in [-0.05, 0) is 36.2 Å². The number of amides is 1. The highest BCUT2D eigenvalue weighted by Gasteiger charge is 2.34. The highest BCUT2D eigenvalue weighted by molar-refractivity contribution is 5.95. The molecule has 0 bridgehead atoms. The Hall–Kier alpha value is -2.82. The lowest BCUT2D eigenvalue weighted by Crippen LogP contribution is -2.43. The SMILES string of the molecule is COc1ccc(C(C)N(C)C(=O)C2Cc3ccccc3C(=O)O2)cc1. The van der Waals surface area contributed by atoms with Crippen molar-refractivity contribution >= 4 is 11.9 Å². The fourth-order valence-electron chi connectivity index (χ4n) is 2.99. The number of esters is 1. The van der Waals surface area contributed by atoms with Gasteiger partial charge in [-0.3, -0.25) is 4.79 Å². The molecule has 2 atom stereocenters. The second kappa shape index (κ2) is 6.97. The lowest BCUT2D eigenvalue weighted by atomic mass is 9.97. The fourth-order valence-corrected chi connectivity index (χ4v) is 2.99. The van der Waals surface area contributed by atoms with Crippen molar-refractivity contribution < 1.29 is 19.1 Å². The number of fused-ring (bicyclic) bond motifs is 1. The monoisotopic (exact) mass is 339 g/mol. The standard InChI is InChI=1S/C20H21NO4/c1-13(14-8-10-16(24-3)11-9-14)21(2)19(22)18-12-15-6-4-5-7-17(15)20(23)25-18/h4-11,13,18H,12H2,1-3H3. The van der Waals surface area contributed by atoms with Crippen molar-refractivity contribution in [3.63, 3.8) is 0 Å². The second-order valence-electron chi connectivity index (χ2n) is 6.15. The number of ether oxygens (including phenoxy) is 2. The quantitative estimate of drug-likeness (QED) is 0.804. The number of methoxy groups -OCH3 is 1. The predicted octanol–water partition coefficient (Wildman–Crippen LogP) is 3.00. The predicted molar refractivity (Wildman–Crippen MR) is 93.5 cm³/mol. The molecule has 1 amide bonds. The molecule has 2 aromatic rings. The molecule has 1 aliphatic heterocycles. The lowest BCUT2D eigenvalue weighted by molar-refractivity contribution is -0.141. The van der Waals surface area contributed by atoms with Crippen LogP contribution in [0.2, 0.25) is 0 Å². The first kappa shape index (κ1) is 17.0. The maximum atomic E-state index is 12.8. The van der Waals surface area contributed by atoms with E-state index >= 15 is 0 Å². The summed E-state index contributed by atoms with van der Waals surface area (Å²) in [6.07, 6.45) is -0.381. The molecule has 2 unspecified atom stereocenters. The topological polar surface area (TPSA) is 55.8 Å². The third kappa shape index (κ3) is 3.36. The zero-order valence-corrected chi connectivity index (χ0v) is 14.6. The minimum absolute atomic E-state index is 0.144. The average Bonchev–Trinajstić information content (AvgIpc) is 2.66. The van der Waals surface area contributed by atoms with E-state index in [0.29, 0.717) is 12.0 Å². The molecule has 0 saturated carbocycles. The van der Waals surface area contributed by atoms with Crippen molar-refractivity contribution in [2.45, 2.75) is 25.5 Å². The van der Waals surface area contributed by atoms with Gasteiger partial charge in [0.2, 0.25) is 0 Å². The van der Waals surface area contributed by atoms with Gasteiger partial charge < -0.3 is 14.4 Å². The van der Waals surface area contributed by atoms with Crippen LogP contribution in [0.3, 0.4) is 0 Å². The molecule has 2 aromatic carbocycles. The number of cyclic esters (lactones) is 1. The van der Waals surface area contributed by atoms with Gasteiger partial charge in [-0.25, -0.2) is 4.79 Å². The molecule has 0 saturated heterocycles. The third-order valence-corrected chi connectivity index (χ3v) is 4.69. The second-order valence-corrected chi connectivity index (χ2v) is 6.15. The summed E-state index contributed by atoms with van der Waals surface area (Å²) < 4.78 is 10.5. The Morgan fingerprint density at radius 1 is 1.20 bits per heavy atom. The first-order valence-corrected chi connectivity index (χ1v) is 8.20. The van der Waals surface area contributed by atoms with Gasteiger partial charge in [0.05, 0.1) is 18.7 Å². The smallest absolute Gasteiger partial charge is 0.339 e. The Morgan fingerprint density at radius 3 is 2.56 bits per heavy atom. The first-order chi connectivity index (χ1) is 12.0. The zero-order valence-electron chi connectivity index (χ0n) is 14.6. The first-order valence-electron chi connectivity index (χ1n) is 8.20. The Kier molecular flexibility index (Phi) is 4.74. The van der Waals surface area contributed by atoms with Crippen LogP contribution in [-0.4, -0.2) is 37.0 Å². The van der Waals surface area contributed by atoms with Crippen LogP contribution in [0.15, 0.2) is 48.5 Å². The molecular weight excluding hydrogens is 318 g/mol. The van der Waals surface area contributed by atoms with Gasteiger partial charge in [-0.15, -0.1) is 0 Å².